The molecule has 2 rings (SSSR count). The summed E-state index contributed by atoms with van der Waals surface area (Å²) in [4.78, 5) is 2.38. The number of para-hydroxylation sites is 1. The lowest BCUT2D eigenvalue weighted by atomic mass is 10.2. The smallest absolute Gasteiger partial charge is 0.0765 e. The van der Waals surface area contributed by atoms with Crippen LogP contribution in [0.5, 0.6) is 0 Å². The number of rotatable bonds is 4. The van der Waals surface area contributed by atoms with E-state index in [1.165, 1.54) is 0 Å². The molecule has 3 N–H and O–H groups in total. The monoisotopic (exact) mass is 269 g/mol. The van der Waals surface area contributed by atoms with Crippen molar-refractivity contribution in [1.29, 1.82) is 0 Å². The first-order valence-corrected chi connectivity index (χ1v) is 6.65. The topological polar surface area (TPSA) is 50.5 Å². The van der Waals surface area contributed by atoms with Gasteiger partial charge in [0.15, 0.2) is 0 Å². The molecular weight excluding hydrogens is 250 g/mol. The SMILES string of the molecule is CC(CN1CCOCC1)Nc1c(N)cccc1Cl. The van der Waals surface area contributed by atoms with Gasteiger partial charge in [0.2, 0.25) is 0 Å². The normalized spacial score (nSPS) is 18.6. The number of anilines is 2. The largest absolute Gasteiger partial charge is 0.397 e. The van der Waals surface area contributed by atoms with Gasteiger partial charge in [0.1, 0.15) is 0 Å². The number of benzene rings is 1. The molecule has 100 valence electrons. The summed E-state index contributed by atoms with van der Waals surface area (Å²) in [6, 6.07) is 5.86. The van der Waals surface area contributed by atoms with E-state index in [0.717, 1.165) is 38.5 Å². The molecule has 0 amide bonds. The highest BCUT2D eigenvalue weighted by Crippen LogP contribution is 2.28. The Morgan fingerprint density at radius 3 is 2.83 bits per heavy atom. The fourth-order valence-electron chi connectivity index (χ4n) is 2.16. The van der Waals surface area contributed by atoms with E-state index in [1.54, 1.807) is 0 Å². The van der Waals surface area contributed by atoms with Crippen LogP contribution in [0.4, 0.5) is 11.4 Å². The lowest BCUT2D eigenvalue weighted by molar-refractivity contribution is 0.0368. The molecule has 0 bridgehead atoms. The standard InChI is InChI=1S/C13H20ClN3O/c1-10(9-17-5-7-18-8-6-17)16-13-11(14)3-2-4-12(13)15/h2-4,10,16H,5-9,15H2,1H3. The van der Waals surface area contributed by atoms with Crippen LogP contribution in [0.1, 0.15) is 6.92 Å². The number of halogens is 1. The summed E-state index contributed by atoms with van der Waals surface area (Å²) < 4.78 is 5.33. The van der Waals surface area contributed by atoms with E-state index in [4.69, 9.17) is 22.1 Å². The average Bonchev–Trinajstić information content (AvgIpc) is 2.35. The van der Waals surface area contributed by atoms with E-state index in [1.807, 2.05) is 18.2 Å². The van der Waals surface area contributed by atoms with Gasteiger partial charge >= 0.3 is 0 Å². The third-order valence-corrected chi connectivity index (χ3v) is 3.39. The molecule has 1 unspecified atom stereocenters. The number of hydrogen-bond donors (Lipinski definition) is 2. The highest BCUT2D eigenvalue weighted by molar-refractivity contribution is 6.33. The number of nitrogens with two attached hydrogens (primary N) is 1. The highest BCUT2D eigenvalue weighted by Gasteiger charge is 2.15. The number of ether oxygens (including phenoxy) is 1. The fourth-order valence-corrected chi connectivity index (χ4v) is 2.39. The molecule has 5 heteroatoms. The van der Waals surface area contributed by atoms with E-state index < -0.39 is 0 Å². The van der Waals surface area contributed by atoms with Crippen LogP contribution in [0.2, 0.25) is 5.02 Å². The number of morpholine rings is 1. The van der Waals surface area contributed by atoms with Crippen molar-refractivity contribution in [3.63, 3.8) is 0 Å². The fraction of sp³-hybridized carbons (Fsp3) is 0.538. The second-order valence-electron chi connectivity index (χ2n) is 4.66. The number of nitrogens with zero attached hydrogens (tertiary/aromatic N) is 1. The number of nitrogen functional groups attached to an aromatic ring is 1. The van der Waals surface area contributed by atoms with Crippen molar-refractivity contribution in [3.05, 3.63) is 23.2 Å². The number of hydrogen-bond acceptors (Lipinski definition) is 4. The second kappa shape index (κ2) is 6.27. The van der Waals surface area contributed by atoms with E-state index in [-0.39, 0.29) is 0 Å². The summed E-state index contributed by atoms with van der Waals surface area (Å²) in [5.74, 6) is 0. The molecule has 0 saturated carbocycles. The molecule has 0 aromatic heterocycles. The Morgan fingerprint density at radius 2 is 2.17 bits per heavy atom. The van der Waals surface area contributed by atoms with E-state index >= 15 is 0 Å². The van der Waals surface area contributed by atoms with Gasteiger partial charge in [-0.15, -0.1) is 0 Å². The van der Waals surface area contributed by atoms with Crippen LogP contribution in [-0.2, 0) is 4.74 Å². The molecule has 0 spiro atoms. The van der Waals surface area contributed by atoms with Crippen LogP contribution >= 0.6 is 11.6 Å². The summed E-state index contributed by atoms with van der Waals surface area (Å²) in [6.45, 7) is 6.72. The Morgan fingerprint density at radius 1 is 1.44 bits per heavy atom. The minimum Gasteiger partial charge on any atom is -0.397 e. The number of nitrogens with one attached hydrogen (secondary N) is 1. The zero-order chi connectivity index (χ0) is 13.0. The van der Waals surface area contributed by atoms with E-state index in [0.29, 0.717) is 16.8 Å². The minimum atomic E-state index is 0.297. The van der Waals surface area contributed by atoms with Gasteiger partial charge in [0.05, 0.1) is 29.6 Å². The van der Waals surface area contributed by atoms with Crippen molar-refractivity contribution < 1.29 is 4.74 Å². The summed E-state index contributed by atoms with van der Waals surface area (Å²) in [7, 11) is 0. The first-order valence-electron chi connectivity index (χ1n) is 6.27. The summed E-state index contributed by atoms with van der Waals surface area (Å²) in [5.41, 5.74) is 7.45. The lowest BCUT2D eigenvalue weighted by Gasteiger charge is -2.30. The van der Waals surface area contributed by atoms with E-state index in [2.05, 4.69) is 17.1 Å². The van der Waals surface area contributed by atoms with Gasteiger partial charge in [-0.2, -0.15) is 0 Å². The van der Waals surface area contributed by atoms with Crippen molar-refractivity contribution in [3.8, 4) is 0 Å². The first kappa shape index (κ1) is 13.5. The van der Waals surface area contributed by atoms with Gasteiger partial charge in [-0.3, -0.25) is 4.90 Å². The first-order chi connectivity index (χ1) is 8.66. The molecule has 0 radical (unpaired) electrons. The molecule has 1 saturated heterocycles. The Bertz CT molecular complexity index is 374. The Labute approximate surface area is 113 Å². The minimum absolute atomic E-state index is 0.297. The molecule has 1 aromatic carbocycles. The van der Waals surface area contributed by atoms with Crippen LogP contribution in [0, 0.1) is 0 Å². The molecule has 1 aromatic rings. The lowest BCUT2D eigenvalue weighted by Crippen LogP contribution is -2.42. The highest BCUT2D eigenvalue weighted by atomic mass is 35.5. The molecule has 1 aliphatic rings. The van der Waals surface area contributed by atoms with Crippen LogP contribution in [0.15, 0.2) is 18.2 Å². The molecule has 4 nitrogen and oxygen atoms in total. The Kier molecular flexibility index (Phi) is 4.69. The molecule has 1 atom stereocenters. The van der Waals surface area contributed by atoms with Crippen molar-refractivity contribution >= 4 is 23.0 Å². The zero-order valence-corrected chi connectivity index (χ0v) is 11.4. The van der Waals surface area contributed by atoms with Crippen molar-refractivity contribution in [1.82, 2.24) is 4.90 Å². The van der Waals surface area contributed by atoms with Gasteiger partial charge in [0, 0.05) is 25.7 Å². The predicted octanol–water partition coefficient (Wildman–Crippen LogP) is 2.05. The van der Waals surface area contributed by atoms with Gasteiger partial charge in [0.25, 0.3) is 0 Å². The van der Waals surface area contributed by atoms with Gasteiger partial charge in [-0.1, -0.05) is 17.7 Å². The third-order valence-electron chi connectivity index (χ3n) is 3.07. The van der Waals surface area contributed by atoms with Crippen molar-refractivity contribution in [2.45, 2.75) is 13.0 Å². The molecule has 1 fully saturated rings. The predicted molar refractivity (Wildman–Crippen MR) is 76.2 cm³/mol. The third kappa shape index (κ3) is 3.51. The maximum absolute atomic E-state index is 6.14. The van der Waals surface area contributed by atoms with Crippen molar-refractivity contribution in [2.75, 3.05) is 43.9 Å². The quantitative estimate of drug-likeness (QED) is 0.822. The Hall–Kier alpha value is -0.970. The second-order valence-corrected chi connectivity index (χ2v) is 5.07. The van der Waals surface area contributed by atoms with Gasteiger partial charge < -0.3 is 15.8 Å². The van der Waals surface area contributed by atoms with Crippen LogP contribution in [-0.4, -0.2) is 43.8 Å². The molecule has 1 aliphatic heterocycles. The molecule has 1 heterocycles. The molecule has 0 aliphatic carbocycles. The average molecular weight is 270 g/mol. The van der Waals surface area contributed by atoms with Crippen molar-refractivity contribution in [2.24, 2.45) is 0 Å². The molecular formula is C13H20ClN3O. The maximum atomic E-state index is 6.14. The maximum Gasteiger partial charge on any atom is 0.0765 e. The van der Waals surface area contributed by atoms with Gasteiger partial charge in [-0.25, -0.2) is 0 Å². The molecule has 18 heavy (non-hydrogen) atoms. The van der Waals surface area contributed by atoms with E-state index in [9.17, 15) is 0 Å². The summed E-state index contributed by atoms with van der Waals surface area (Å²) in [6.07, 6.45) is 0. The van der Waals surface area contributed by atoms with Crippen LogP contribution in [0.3, 0.4) is 0 Å². The van der Waals surface area contributed by atoms with Gasteiger partial charge in [-0.05, 0) is 19.1 Å². The van der Waals surface area contributed by atoms with Crippen LogP contribution in [0.25, 0.3) is 0 Å². The summed E-state index contributed by atoms with van der Waals surface area (Å²) >= 11 is 6.14. The zero-order valence-electron chi connectivity index (χ0n) is 10.7. The summed E-state index contributed by atoms with van der Waals surface area (Å²) in [5, 5.41) is 4.06. The Balaban J connectivity index is 1.92. The van der Waals surface area contributed by atoms with Crippen LogP contribution < -0.4 is 11.1 Å².